The zero-order valence-electron chi connectivity index (χ0n) is 18.4. The number of rotatable bonds is 7. The van der Waals surface area contributed by atoms with Crippen LogP contribution in [0.1, 0.15) is 39.3 Å². The van der Waals surface area contributed by atoms with Crippen LogP contribution in [0, 0.1) is 5.92 Å². The Labute approximate surface area is 187 Å². The maximum atomic E-state index is 13.1. The molecule has 1 fully saturated rings. The Balaban J connectivity index is 1.62. The third kappa shape index (κ3) is 4.63. The smallest absolute Gasteiger partial charge is 0.282 e. The van der Waals surface area contributed by atoms with Gasteiger partial charge in [0.1, 0.15) is 23.5 Å². The van der Waals surface area contributed by atoms with E-state index in [0.29, 0.717) is 41.0 Å². The van der Waals surface area contributed by atoms with Crippen molar-refractivity contribution >= 4 is 21.6 Å². The van der Waals surface area contributed by atoms with E-state index >= 15 is 0 Å². The van der Waals surface area contributed by atoms with Crippen molar-refractivity contribution in [3.63, 3.8) is 0 Å². The van der Waals surface area contributed by atoms with E-state index < -0.39 is 16.5 Å². The minimum Gasteiger partial charge on any atom is -0.355 e. The summed E-state index contributed by atoms with van der Waals surface area (Å²) in [5, 5.41) is 4.03. The molecule has 0 spiro atoms. The lowest BCUT2D eigenvalue weighted by Gasteiger charge is -2.40. The SMILES string of the molecule is CC[SH](=O)(CC)NC1CC(C)CN(c2cc(-c3cnc4ccc(C(F)F)nn34)ncn2)C1. The lowest BCUT2D eigenvalue weighted by atomic mass is 9.96. The fourth-order valence-electron chi connectivity index (χ4n) is 4.21. The van der Waals surface area contributed by atoms with E-state index in [2.05, 4.69) is 36.6 Å². The zero-order valence-corrected chi connectivity index (χ0v) is 19.3. The van der Waals surface area contributed by atoms with E-state index in [9.17, 15) is 13.0 Å². The van der Waals surface area contributed by atoms with Crippen molar-refractivity contribution in [3.05, 3.63) is 36.4 Å². The van der Waals surface area contributed by atoms with Crippen LogP contribution < -0.4 is 9.62 Å². The first-order valence-corrected chi connectivity index (χ1v) is 13.0. The van der Waals surface area contributed by atoms with Gasteiger partial charge in [-0.1, -0.05) is 30.9 Å². The fraction of sp³-hybridized carbons (Fsp3) is 0.524. The van der Waals surface area contributed by atoms with Crippen molar-refractivity contribution in [3.8, 4) is 11.4 Å². The number of halogens is 2. The molecule has 11 heteroatoms. The highest BCUT2D eigenvalue weighted by Gasteiger charge is 2.28. The Bertz CT molecular complexity index is 1130. The molecule has 0 amide bonds. The van der Waals surface area contributed by atoms with Gasteiger partial charge >= 0.3 is 0 Å². The molecule has 2 unspecified atom stereocenters. The lowest BCUT2D eigenvalue weighted by Crippen LogP contribution is -2.53. The molecule has 0 bridgehead atoms. The van der Waals surface area contributed by atoms with E-state index in [1.807, 2.05) is 19.9 Å². The van der Waals surface area contributed by atoms with Gasteiger partial charge in [-0.05, 0) is 24.5 Å². The van der Waals surface area contributed by atoms with Crippen LogP contribution in [0.3, 0.4) is 0 Å². The van der Waals surface area contributed by atoms with Crippen LogP contribution in [0.25, 0.3) is 17.0 Å². The second kappa shape index (κ2) is 9.14. The summed E-state index contributed by atoms with van der Waals surface area (Å²) in [4.78, 5) is 15.2. The van der Waals surface area contributed by atoms with Gasteiger partial charge in [0.15, 0.2) is 5.65 Å². The summed E-state index contributed by atoms with van der Waals surface area (Å²) in [5.74, 6) is 2.39. The standard InChI is InChI=1S/C21H29F2N7OS/c1-4-32(31,5-2)28-15-8-14(3)11-29(12-15)20-9-17(25-13-26-20)18-10-24-19-7-6-16(21(22)23)27-30(18)19/h6-7,9-10,13-15,21,32H,4-5,8,11-12H2,1-3H3,(H,28,31). The molecule has 8 nitrogen and oxygen atoms in total. The van der Waals surface area contributed by atoms with Gasteiger partial charge in [0.05, 0.1) is 11.9 Å². The largest absolute Gasteiger partial charge is 0.355 e. The Morgan fingerprint density at radius 2 is 1.97 bits per heavy atom. The number of nitrogens with zero attached hydrogens (tertiary/aromatic N) is 6. The van der Waals surface area contributed by atoms with Gasteiger partial charge in [-0.15, -0.1) is 0 Å². The van der Waals surface area contributed by atoms with Crippen molar-refractivity contribution in [2.75, 3.05) is 29.5 Å². The van der Waals surface area contributed by atoms with Gasteiger partial charge in [0.2, 0.25) is 0 Å². The molecule has 1 N–H and O–H groups in total. The van der Waals surface area contributed by atoms with E-state index in [1.165, 1.54) is 23.0 Å². The maximum Gasteiger partial charge on any atom is 0.282 e. The average Bonchev–Trinajstić information content (AvgIpc) is 3.22. The summed E-state index contributed by atoms with van der Waals surface area (Å²) in [5.41, 5.74) is 1.22. The summed E-state index contributed by atoms with van der Waals surface area (Å²) in [6.07, 6.45) is 1.32. The van der Waals surface area contributed by atoms with Gasteiger partial charge in [-0.3, -0.25) is 8.93 Å². The Hall–Kier alpha value is -2.53. The molecule has 0 aromatic carbocycles. The van der Waals surface area contributed by atoms with Crippen molar-refractivity contribution < 1.29 is 13.0 Å². The minimum atomic E-state index is -2.67. The summed E-state index contributed by atoms with van der Waals surface area (Å²) in [7, 11) is -2.37. The number of hydrogen-bond donors (Lipinski definition) is 2. The van der Waals surface area contributed by atoms with E-state index in [-0.39, 0.29) is 11.7 Å². The molecule has 3 aromatic rings. The number of anilines is 1. The van der Waals surface area contributed by atoms with Crippen LogP contribution in [-0.2, 0) is 10.1 Å². The van der Waals surface area contributed by atoms with Gasteiger partial charge in [0, 0.05) is 36.7 Å². The van der Waals surface area contributed by atoms with Crippen molar-refractivity contribution in [2.45, 2.75) is 39.7 Å². The van der Waals surface area contributed by atoms with Crippen LogP contribution in [0.15, 0.2) is 30.7 Å². The highest BCUT2D eigenvalue weighted by molar-refractivity contribution is 8.01. The van der Waals surface area contributed by atoms with Crippen LogP contribution in [0.4, 0.5) is 14.6 Å². The van der Waals surface area contributed by atoms with Gasteiger partial charge in [0.25, 0.3) is 6.43 Å². The first-order chi connectivity index (χ1) is 15.3. The van der Waals surface area contributed by atoms with Crippen LogP contribution >= 0.6 is 0 Å². The molecule has 1 aliphatic rings. The second-order valence-electron chi connectivity index (χ2n) is 8.33. The van der Waals surface area contributed by atoms with Crippen molar-refractivity contribution in [1.82, 2.24) is 29.3 Å². The summed E-state index contributed by atoms with van der Waals surface area (Å²) in [6, 6.07) is 4.72. The topological polar surface area (TPSA) is 88.3 Å². The molecule has 32 heavy (non-hydrogen) atoms. The number of nitrogens with one attached hydrogen (secondary N) is 1. The highest BCUT2D eigenvalue weighted by Crippen LogP contribution is 2.27. The van der Waals surface area contributed by atoms with Crippen molar-refractivity contribution in [1.29, 1.82) is 0 Å². The van der Waals surface area contributed by atoms with Crippen LogP contribution in [-0.4, -0.2) is 59.4 Å². The van der Waals surface area contributed by atoms with E-state index in [0.717, 1.165) is 18.8 Å². The number of thiol groups is 1. The number of imidazole rings is 1. The Kier molecular flexibility index (Phi) is 6.47. The summed E-state index contributed by atoms with van der Waals surface area (Å²) >= 11 is 0. The molecule has 1 aliphatic heterocycles. The third-order valence-corrected chi connectivity index (χ3v) is 8.82. The van der Waals surface area contributed by atoms with Gasteiger partial charge in [-0.25, -0.2) is 28.2 Å². The summed E-state index contributed by atoms with van der Waals surface area (Å²) in [6.45, 7) is 7.60. The molecule has 174 valence electrons. The molecular formula is C21H29F2N7OS. The fourth-order valence-corrected chi connectivity index (χ4v) is 5.87. The molecule has 0 saturated carbocycles. The maximum absolute atomic E-state index is 13.1. The van der Waals surface area contributed by atoms with E-state index in [4.69, 9.17) is 0 Å². The molecule has 0 aliphatic carbocycles. The average molecular weight is 466 g/mol. The molecule has 2 atom stereocenters. The normalized spacial score (nSPS) is 20.2. The lowest BCUT2D eigenvalue weighted by molar-refractivity contribution is 0.144. The molecule has 3 aromatic heterocycles. The minimum absolute atomic E-state index is 0.106. The molecule has 0 radical (unpaired) electrons. The van der Waals surface area contributed by atoms with Gasteiger partial charge in [-0.2, -0.15) is 5.10 Å². The number of aromatic nitrogens is 5. The zero-order chi connectivity index (χ0) is 22.9. The quantitative estimate of drug-likeness (QED) is 0.522. The molecule has 1 saturated heterocycles. The number of piperidine rings is 1. The monoisotopic (exact) mass is 465 g/mol. The Morgan fingerprint density at radius 3 is 2.69 bits per heavy atom. The number of alkyl halides is 2. The second-order valence-corrected chi connectivity index (χ2v) is 11.6. The first kappa shape index (κ1) is 22.7. The highest BCUT2D eigenvalue weighted by atomic mass is 32.3. The predicted octanol–water partition coefficient (Wildman–Crippen LogP) is 2.90. The molecule has 4 rings (SSSR count). The van der Waals surface area contributed by atoms with Crippen LogP contribution in [0.5, 0.6) is 0 Å². The predicted molar refractivity (Wildman–Crippen MR) is 123 cm³/mol. The van der Waals surface area contributed by atoms with Crippen LogP contribution in [0.2, 0.25) is 0 Å². The molecular weight excluding hydrogens is 436 g/mol. The van der Waals surface area contributed by atoms with Gasteiger partial charge < -0.3 is 4.90 Å². The van der Waals surface area contributed by atoms with Crippen molar-refractivity contribution in [2.24, 2.45) is 5.92 Å². The molecule has 4 heterocycles. The summed E-state index contributed by atoms with van der Waals surface area (Å²) < 4.78 is 44.0. The van der Waals surface area contributed by atoms with E-state index in [1.54, 1.807) is 6.20 Å². The Morgan fingerprint density at radius 1 is 1.19 bits per heavy atom. The number of fused-ring (bicyclic) bond motifs is 1. The number of hydrogen-bond acceptors (Lipinski definition) is 6. The third-order valence-electron chi connectivity index (χ3n) is 5.94. The first-order valence-electron chi connectivity index (χ1n) is 10.9.